The zero-order chi connectivity index (χ0) is 20.8. The third-order valence-corrected chi connectivity index (χ3v) is 5.62. The van der Waals surface area contributed by atoms with Crippen LogP contribution in [0.15, 0.2) is 43.0 Å². The zero-order valence-corrected chi connectivity index (χ0v) is 17.3. The highest BCUT2D eigenvalue weighted by molar-refractivity contribution is 5.46. The van der Waals surface area contributed by atoms with E-state index in [1.165, 1.54) is 16.9 Å². The van der Waals surface area contributed by atoms with Crippen LogP contribution in [0.25, 0.3) is 0 Å². The SMILES string of the molecule is C=CCc1cc(OC)cc(C[NH+]2CC[NH+](Cc3ccc(OC)c(F)c3)CC2)c1O. The van der Waals surface area contributed by atoms with E-state index in [2.05, 4.69) is 6.58 Å². The number of methoxy groups -OCH3 is 2. The van der Waals surface area contributed by atoms with Gasteiger partial charge in [-0.1, -0.05) is 6.08 Å². The molecule has 1 aliphatic rings. The summed E-state index contributed by atoms with van der Waals surface area (Å²) in [6.07, 6.45) is 2.40. The first-order valence-corrected chi connectivity index (χ1v) is 10.0. The molecule has 0 bridgehead atoms. The van der Waals surface area contributed by atoms with E-state index in [0.717, 1.165) is 61.7 Å². The number of piperazine rings is 1. The van der Waals surface area contributed by atoms with Crippen LogP contribution in [-0.2, 0) is 19.5 Å². The van der Waals surface area contributed by atoms with Crippen molar-refractivity contribution in [1.29, 1.82) is 0 Å². The molecule has 0 atom stereocenters. The molecule has 1 aliphatic heterocycles. The van der Waals surface area contributed by atoms with E-state index in [1.807, 2.05) is 18.2 Å². The summed E-state index contributed by atoms with van der Waals surface area (Å²) < 4.78 is 24.3. The maximum atomic E-state index is 13.9. The van der Waals surface area contributed by atoms with Gasteiger partial charge in [-0.25, -0.2) is 4.39 Å². The molecule has 2 aromatic carbocycles. The van der Waals surface area contributed by atoms with Crippen molar-refractivity contribution < 1.29 is 28.8 Å². The Morgan fingerprint density at radius 3 is 2.24 bits per heavy atom. The lowest BCUT2D eigenvalue weighted by atomic mass is 10.0. The van der Waals surface area contributed by atoms with Gasteiger partial charge in [0.15, 0.2) is 11.6 Å². The fourth-order valence-corrected chi connectivity index (χ4v) is 3.98. The van der Waals surface area contributed by atoms with Crippen LogP contribution in [0.3, 0.4) is 0 Å². The van der Waals surface area contributed by atoms with Crippen molar-refractivity contribution in [3.63, 3.8) is 0 Å². The summed E-state index contributed by atoms with van der Waals surface area (Å²) in [5.41, 5.74) is 2.75. The van der Waals surface area contributed by atoms with Gasteiger partial charge in [0.1, 0.15) is 50.8 Å². The topological polar surface area (TPSA) is 47.6 Å². The monoisotopic (exact) mass is 402 g/mol. The van der Waals surface area contributed by atoms with E-state index >= 15 is 0 Å². The highest BCUT2D eigenvalue weighted by Gasteiger charge is 2.25. The van der Waals surface area contributed by atoms with Crippen LogP contribution in [-0.4, -0.2) is 45.5 Å². The molecule has 1 saturated heterocycles. The molecule has 156 valence electrons. The fraction of sp³-hybridized carbons (Fsp3) is 0.391. The highest BCUT2D eigenvalue weighted by atomic mass is 19.1. The first-order chi connectivity index (χ1) is 14.0. The Balaban J connectivity index is 1.59. The normalized spacial score (nSPS) is 19.0. The fourth-order valence-electron chi connectivity index (χ4n) is 3.98. The molecule has 0 saturated carbocycles. The average Bonchev–Trinajstić information content (AvgIpc) is 2.72. The smallest absolute Gasteiger partial charge is 0.165 e. The number of phenols is 1. The molecular weight excluding hydrogens is 371 g/mol. The molecule has 6 heteroatoms. The predicted molar refractivity (Wildman–Crippen MR) is 110 cm³/mol. The lowest BCUT2D eigenvalue weighted by Crippen LogP contribution is -3.27. The first-order valence-electron chi connectivity index (χ1n) is 10.0. The molecule has 3 rings (SSSR count). The second-order valence-corrected chi connectivity index (χ2v) is 7.61. The maximum Gasteiger partial charge on any atom is 0.165 e. The molecule has 3 N–H and O–H groups in total. The molecule has 0 aromatic heterocycles. The number of aromatic hydroxyl groups is 1. The van der Waals surface area contributed by atoms with Crippen LogP contribution in [0.5, 0.6) is 17.2 Å². The summed E-state index contributed by atoms with van der Waals surface area (Å²) in [6, 6.07) is 8.99. The number of nitrogens with one attached hydrogen (secondary N) is 2. The lowest BCUT2D eigenvalue weighted by Gasteiger charge is -2.30. The minimum absolute atomic E-state index is 0.284. The summed E-state index contributed by atoms with van der Waals surface area (Å²) in [5.74, 6) is 1.09. The van der Waals surface area contributed by atoms with E-state index in [1.54, 1.807) is 25.3 Å². The Morgan fingerprint density at radius 1 is 1.00 bits per heavy atom. The number of hydrogen-bond donors (Lipinski definition) is 3. The Kier molecular flexibility index (Phi) is 7.12. The molecule has 1 fully saturated rings. The Bertz CT molecular complexity index is 848. The number of ether oxygens (including phenoxy) is 2. The average molecular weight is 403 g/mol. The van der Waals surface area contributed by atoms with Gasteiger partial charge in [-0.05, 0) is 36.8 Å². The van der Waals surface area contributed by atoms with E-state index in [9.17, 15) is 9.50 Å². The third kappa shape index (κ3) is 5.28. The Morgan fingerprint density at radius 2 is 1.66 bits per heavy atom. The second-order valence-electron chi connectivity index (χ2n) is 7.61. The molecule has 1 heterocycles. The van der Waals surface area contributed by atoms with Crippen molar-refractivity contribution in [1.82, 2.24) is 0 Å². The maximum absolute atomic E-state index is 13.9. The van der Waals surface area contributed by atoms with Gasteiger partial charge in [0.2, 0.25) is 0 Å². The number of quaternary nitrogens is 2. The standard InChI is InChI=1S/C23H29FN2O3/c1-4-5-18-13-20(28-2)14-19(23(18)27)16-26-10-8-25(9-11-26)15-17-6-7-22(29-3)21(24)12-17/h4,6-7,12-14,27H,1,5,8-11,15-16H2,2-3H3/p+2. The van der Waals surface area contributed by atoms with Crippen LogP contribution < -0.4 is 19.3 Å². The van der Waals surface area contributed by atoms with Gasteiger partial charge in [-0.2, -0.15) is 0 Å². The van der Waals surface area contributed by atoms with Gasteiger partial charge in [-0.15, -0.1) is 6.58 Å². The molecule has 0 spiro atoms. The van der Waals surface area contributed by atoms with Gasteiger partial charge in [0.25, 0.3) is 0 Å². The first kappa shape index (κ1) is 21.1. The predicted octanol–water partition coefficient (Wildman–Crippen LogP) is 0.761. The van der Waals surface area contributed by atoms with Crippen molar-refractivity contribution >= 4 is 0 Å². The summed E-state index contributed by atoms with van der Waals surface area (Å²) in [7, 11) is 3.12. The lowest BCUT2D eigenvalue weighted by molar-refractivity contribution is -1.02. The van der Waals surface area contributed by atoms with Crippen LogP contribution in [0.2, 0.25) is 0 Å². The van der Waals surface area contributed by atoms with Crippen molar-refractivity contribution in [2.24, 2.45) is 0 Å². The number of halogens is 1. The molecule has 0 radical (unpaired) electrons. The molecule has 5 nitrogen and oxygen atoms in total. The minimum Gasteiger partial charge on any atom is -0.507 e. The molecule has 0 unspecified atom stereocenters. The number of phenolic OH excluding ortho intramolecular Hbond substituents is 1. The van der Waals surface area contributed by atoms with Gasteiger partial charge in [0, 0.05) is 11.1 Å². The van der Waals surface area contributed by atoms with Crippen molar-refractivity contribution in [3.05, 3.63) is 65.5 Å². The highest BCUT2D eigenvalue weighted by Crippen LogP contribution is 2.28. The van der Waals surface area contributed by atoms with Crippen molar-refractivity contribution in [2.75, 3.05) is 40.4 Å². The summed E-state index contributed by atoms with van der Waals surface area (Å²) in [5, 5.41) is 10.6. The molecule has 0 amide bonds. The Hall–Kier alpha value is -2.57. The van der Waals surface area contributed by atoms with Crippen molar-refractivity contribution in [3.8, 4) is 17.2 Å². The van der Waals surface area contributed by atoms with Crippen LogP contribution in [0.1, 0.15) is 16.7 Å². The second kappa shape index (κ2) is 9.76. The number of hydrogen-bond acceptors (Lipinski definition) is 3. The minimum atomic E-state index is -0.308. The van der Waals surface area contributed by atoms with Crippen LogP contribution >= 0.6 is 0 Å². The van der Waals surface area contributed by atoms with Gasteiger partial charge in [0.05, 0.1) is 19.8 Å². The zero-order valence-electron chi connectivity index (χ0n) is 17.3. The molecule has 0 aliphatic carbocycles. The van der Waals surface area contributed by atoms with E-state index in [0.29, 0.717) is 12.2 Å². The largest absolute Gasteiger partial charge is 0.507 e. The van der Waals surface area contributed by atoms with E-state index in [4.69, 9.17) is 9.47 Å². The van der Waals surface area contributed by atoms with Gasteiger partial charge >= 0.3 is 0 Å². The quantitative estimate of drug-likeness (QED) is 0.572. The summed E-state index contributed by atoms with van der Waals surface area (Å²) in [4.78, 5) is 2.88. The molecular formula is C23H31FN2O3+2. The van der Waals surface area contributed by atoms with Crippen LogP contribution in [0, 0.1) is 5.82 Å². The van der Waals surface area contributed by atoms with Crippen molar-refractivity contribution in [2.45, 2.75) is 19.5 Å². The van der Waals surface area contributed by atoms with Gasteiger partial charge < -0.3 is 24.4 Å². The van der Waals surface area contributed by atoms with Gasteiger partial charge in [-0.3, -0.25) is 0 Å². The Labute approximate surface area is 172 Å². The van der Waals surface area contributed by atoms with E-state index < -0.39 is 0 Å². The van der Waals surface area contributed by atoms with E-state index in [-0.39, 0.29) is 11.6 Å². The van der Waals surface area contributed by atoms with Crippen LogP contribution in [0.4, 0.5) is 4.39 Å². The third-order valence-electron chi connectivity index (χ3n) is 5.62. The summed E-state index contributed by atoms with van der Waals surface area (Å²) in [6.45, 7) is 9.35. The number of benzene rings is 2. The molecule has 29 heavy (non-hydrogen) atoms. The summed E-state index contributed by atoms with van der Waals surface area (Å²) >= 11 is 0. The number of allylic oxidation sites excluding steroid dienone is 1. The molecule has 2 aromatic rings. The number of rotatable bonds is 8.